The maximum atomic E-state index is 13.1. The minimum atomic E-state index is -0.307. The Morgan fingerprint density at radius 2 is 2.14 bits per heavy atom. The van der Waals surface area contributed by atoms with E-state index in [2.05, 4.69) is 5.32 Å². The second-order valence-electron chi connectivity index (χ2n) is 2.75. The molecular weight excluding hydrogens is 205 g/mol. The molecular formula is C10H15ClFNO. The fourth-order valence-electron chi connectivity index (χ4n) is 1.09. The van der Waals surface area contributed by atoms with Gasteiger partial charge in [-0.05, 0) is 24.2 Å². The van der Waals surface area contributed by atoms with Crippen molar-refractivity contribution in [3.8, 4) is 5.75 Å². The fraction of sp³-hybridized carbons (Fsp3) is 0.400. The van der Waals surface area contributed by atoms with E-state index >= 15 is 0 Å². The standard InChI is InChI=1S/C10H14FNO.ClH/c1-3-12-7-8-4-5-10(13-2)9(11)6-8;/h4-6,12H,3,7H2,1-2H3;1H. The topological polar surface area (TPSA) is 21.3 Å². The molecule has 2 nitrogen and oxygen atoms in total. The van der Waals surface area contributed by atoms with Crippen molar-refractivity contribution in [1.29, 1.82) is 0 Å². The average Bonchev–Trinajstić information content (AvgIpc) is 2.15. The highest BCUT2D eigenvalue weighted by atomic mass is 35.5. The summed E-state index contributed by atoms with van der Waals surface area (Å²) in [5.41, 5.74) is 0.931. The van der Waals surface area contributed by atoms with Crippen molar-refractivity contribution in [1.82, 2.24) is 5.32 Å². The molecule has 0 saturated heterocycles. The van der Waals surface area contributed by atoms with Crippen LogP contribution in [0.1, 0.15) is 12.5 Å². The first kappa shape index (κ1) is 13.2. The van der Waals surface area contributed by atoms with Crippen molar-refractivity contribution in [2.24, 2.45) is 0 Å². The molecule has 80 valence electrons. The number of benzene rings is 1. The summed E-state index contributed by atoms with van der Waals surface area (Å²) < 4.78 is 17.9. The Labute approximate surface area is 89.9 Å². The van der Waals surface area contributed by atoms with Gasteiger partial charge in [-0.15, -0.1) is 12.4 Å². The second kappa shape index (κ2) is 6.62. The highest BCUT2D eigenvalue weighted by Crippen LogP contribution is 2.17. The largest absolute Gasteiger partial charge is 0.494 e. The van der Waals surface area contributed by atoms with Crippen molar-refractivity contribution in [3.63, 3.8) is 0 Å². The van der Waals surface area contributed by atoms with E-state index in [0.717, 1.165) is 12.1 Å². The highest BCUT2D eigenvalue weighted by molar-refractivity contribution is 5.85. The lowest BCUT2D eigenvalue weighted by atomic mass is 10.2. The first-order valence-electron chi connectivity index (χ1n) is 4.31. The summed E-state index contributed by atoms with van der Waals surface area (Å²) in [5.74, 6) is -0.0156. The molecule has 0 bridgehead atoms. The van der Waals surface area contributed by atoms with Gasteiger partial charge in [0, 0.05) is 6.54 Å². The Balaban J connectivity index is 0.00000169. The van der Waals surface area contributed by atoms with Gasteiger partial charge in [-0.2, -0.15) is 0 Å². The summed E-state index contributed by atoms with van der Waals surface area (Å²) >= 11 is 0. The van der Waals surface area contributed by atoms with Crippen LogP contribution in [0.2, 0.25) is 0 Å². The predicted octanol–water partition coefficient (Wildman–Crippen LogP) is 2.37. The molecule has 0 amide bonds. The predicted molar refractivity (Wildman–Crippen MR) is 57.6 cm³/mol. The van der Waals surface area contributed by atoms with E-state index < -0.39 is 0 Å². The minimum Gasteiger partial charge on any atom is -0.494 e. The third-order valence-corrected chi connectivity index (χ3v) is 1.80. The lowest BCUT2D eigenvalue weighted by molar-refractivity contribution is 0.386. The Bertz CT molecular complexity index is 281. The van der Waals surface area contributed by atoms with Gasteiger partial charge >= 0.3 is 0 Å². The van der Waals surface area contributed by atoms with Crippen molar-refractivity contribution in [2.75, 3.05) is 13.7 Å². The third kappa shape index (κ3) is 3.52. The van der Waals surface area contributed by atoms with E-state index in [1.54, 1.807) is 6.07 Å². The summed E-state index contributed by atoms with van der Waals surface area (Å²) in [6, 6.07) is 4.98. The highest BCUT2D eigenvalue weighted by Gasteiger charge is 2.02. The van der Waals surface area contributed by atoms with Crippen LogP contribution in [-0.4, -0.2) is 13.7 Å². The molecule has 0 aliphatic carbocycles. The van der Waals surface area contributed by atoms with Crippen LogP contribution >= 0.6 is 12.4 Å². The smallest absolute Gasteiger partial charge is 0.165 e. The van der Waals surface area contributed by atoms with Crippen LogP contribution in [0, 0.1) is 5.82 Å². The summed E-state index contributed by atoms with van der Waals surface area (Å²) in [6.45, 7) is 3.59. The number of hydrogen-bond acceptors (Lipinski definition) is 2. The Morgan fingerprint density at radius 3 is 2.64 bits per heavy atom. The van der Waals surface area contributed by atoms with Crippen LogP contribution in [0.25, 0.3) is 0 Å². The molecule has 0 aliphatic rings. The number of halogens is 2. The molecule has 0 heterocycles. The molecule has 0 spiro atoms. The van der Waals surface area contributed by atoms with Gasteiger partial charge in [0.1, 0.15) is 0 Å². The van der Waals surface area contributed by atoms with E-state index in [4.69, 9.17) is 4.74 Å². The normalized spacial score (nSPS) is 9.36. The second-order valence-corrected chi connectivity index (χ2v) is 2.75. The van der Waals surface area contributed by atoms with Gasteiger partial charge in [0.15, 0.2) is 11.6 Å². The fourth-order valence-corrected chi connectivity index (χ4v) is 1.09. The Hall–Kier alpha value is -0.800. The molecule has 1 rings (SSSR count). The minimum absolute atomic E-state index is 0. The molecule has 1 aromatic rings. The van der Waals surface area contributed by atoms with Crippen molar-refractivity contribution < 1.29 is 9.13 Å². The van der Waals surface area contributed by atoms with Gasteiger partial charge in [0.25, 0.3) is 0 Å². The van der Waals surface area contributed by atoms with Gasteiger partial charge < -0.3 is 10.1 Å². The van der Waals surface area contributed by atoms with Crippen LogP contribution in [0.5, 0.6) is 5.75 Å². The van der Waals surface area contributed by atoms with E-state index in [1.807, 2.05) is 13.0 Å². The van der Waals surface area contributed by atoms with Crippen molar-refractivity contribution in [2.45, 2.75) is 13.5 Å². The molecule has 0 atom stereocenters. The van der Waals surface area contributed by atoms with Gasteiger partial charge in [0.2, 0.25) is 0 Å². The van der Waals surface area contributed by atoms with Gasteiger partial charge in [-0.25, -0.2) is 4.39 Å². The number of rotatable bonds is 4. The van der Waals surface area contributed by atoms with E-state index in [9.17, 15) is 4.39 Å². The first-order valence-corrected chi connectivity index (χ1v) is 4.31. The van der Waals surface area contributed by atoms with Crippen molar-refractivity contribution >= 4 is 12.4 Å². The maximum Gasteiger partial charge on any atom is 0.165 e. The van der Waals surface area contributed by atoms with Gasteiger partial charge in [-0.3, -0.25) is 0 Å². The van der Waals surface area contributed by atoms with Gasteiger partial charge in [0.05, 0.1) is 7.11 Å². The summed E-state index contributed by atoms with van der Waals surface area (Å²) in [4.78, 5) is 0. The van der Waals surface area contributed by atoms with Crippen LogP contribution in [0.3, 0.4) is 0 Å². The van der Waals surface area contributed by atoms with Crippen LogP contribution in [0.4, 0.5) is 4.39 Å². The molecule has 1 N–H and O–H groups in total. The van der Waals surface area contributed by atoms with Crippen LogP contribution in [0.15, 0.2) is 18.2 Å². The molecule has 1 aromatic carbocycles. The van der Waals surface area contributed by atoms with Crippen molar-refractivity contribution in [3.05, 3.63) is 29.6 Å². The lowest BCUT2D eigenvalue weighted by Crippen LogP contribution is -2.11. The van der Waals surface area contributed by atoms with Crippen LogP contribution < -0.4 is 10.1 Å². The van der Waals surface area contributed by atoms with E-state index in [0.29, 0.717) is 12.3 Å². The quantitative estimate of drug-likeness (QED) is 0.840. The first-order chi connectivity index (χ1) is 6.27. The molecule has 0 unspecified atom stereocenters. The summed E-state index contributed by atoms with van der Waals surface area (Å²) in [6.07, 6.45) is 0. The van der Waals surface area contributed by atoms with Crippen LogP contribution in [-0.2, 0) is 6.54 Å². The number of nitrogens with one attached hydrogen (secondary N) is 1. The SMILES string of the molecule is CCNCc1ccc(OC)c(F)c1.Cl. The molecule has 0 aromatic heterocycles. The molecule has 0 saturated carbocycles. The van der Waals surface area contributed by atoms with E-state index in [1.165, 1.54) is 13.2 Å². The Kier molecular flexibility index (Phi) is 6.25. The molecule has 4 heteroatoms. The van der Waals surface area contributed by atoms with E-state index in [-0.39, 0.29) is 18.2 Å². The number of ether oxygens (including phenoxy) is 1. The lowest BCUT2D eigenvalue weighted by Gasteiger charge is -2.05. The summed E-state index contributed by atoms with van der Waals surface area (Å²) in [7, 11) is 1.46. The Morgan fingerprint density at radius 1 is 1.43 bits per heavy atom. The monoisotopic (exact) mass is 219 g/mol. The molecule has 0 aliphatic heterocycles. The maximum absolute atomic E-state index is 13.1. The molecule has 0 radical (unpaired) electrons. The molecule has 14 heavy (non-hydrogen) atoms. The van der Waals surface area contributed by atoms with Gasteiger partial charge in [-0.1, -0.05) is 13.0 Å². The zero-order valence-electron chi connectivity index (χ0n) is 8.34. The summed E-state index contributed by atoms with van der Waals surface area (Å²) in [5, 5.41) is 3.12. The third-order valence-electron chi connectivity index (χ3n) is 1.80. The zero-order chi connectivity index (χ0) is 9.68. The number of methoxy groups -OCH3 is 1. The zero-order valence-corrected chi connectivity index (χ0v) is 9.16. The number of hydrogen-bond donors (Lipinski definition) is 1. The average molecular weight is 220 g/mol. The molecule has 0 fully saturated rings.